The fraction of sp³-hybridized carbons (Fsp3) is 0.316. The largest absolute Gasteiger partial charge is 0.462 e. The van der Waals surface area contributed by atoms with Crippen LogP contribution in [-0.4, -0.2) is 29.6 Å². The maximum atomic E-state index is 12.1. The highest BCUT2D eigenvalue weighted by molar-refractivity contribution is 5.93. The molecule has 0 radical (unpaired) electrons. The molecule has 2 N–H and O–H groups in total. The Kier molecular flexibility index (Phi) is 6.95. The third kappa shape index (κ3) is 6.63. The number of pyridine rings is 1. The molecule has 1 heterocycles. The van der Waals surface area contributed by atoms with Gasteiger partial charge in [-0.25, -0.2) is 9.59 Å². The van der Waals surface area contributed by atoms with Crippen molar-refractivity contribution in [1.82, 2.24) is 10.3 Å². The minimum atomic E-state index is -0.400. The van der Waals surface area contributed by atoms with Crippen molar-refractivity contribution in [1.29, 1.82) is 0 Å². The molecule has 0 aliphatic heterocycles. The lowest BCUT2D eigenvalue weighted by atomic mass is 10.1. The van der Waals surface area contributed by atoms with Crippen LogP contribution in [0.4, 0.5) is 10.5 Å². The predicted molar refractivity (Wildman–Crippen MR) is 96.6 cm³/mol. The van der Waals surface area contributed by atoms with E-state index in [1.165, 1.54) is 0 Å². The van der Waals surface area contributed by atoms with Gasteiger partial charge in [0.15, 0.2) is 0 Å². The van der Waals surface area contributed by atoms with Crippen molar-refractivity contribution in [3.8, 4) is 0 Å². The van der Waals surface area contributed by atoms with Gasteiger partial charge in [-0.2, -0.15) is 0 Å². The van der Waals surface area contributed by atoms with Gasteiger partial charge in [-0.05, 0) is 62.6 Å². The maximum absolute atomic E-state index is 12.1. The van der Waals surface area contributed by atoms with Crippen molar-refractivity contribution in [2.75, 3.05) is 11.9 Å². The van der Waals surface area contributed by atoms with E-state index in [2.05, 4.69) is 15.6 Å². The molecule has 6 nitrogen and oxygen atoms in total. The van der Waals surface area contributed by atoms with Crippen LogP contribution in [0.2, 0.25) is 0 Å². The molecule has 1 aromatic heterocycles. The van der Waals surface area contributed by atoms with Gasteiger partial charge in [-0.1, -0.05) is 6.07 Å². The summed E-state index contributed by atoms with van der Waals surface area (Å²) in [4.78, 5) is 27.8. The van der Waals surface area contributed by atoms with Crippen molar-refractivity contribution in [2.45, 2.75) is 32.7 Å². The van der Waals surface area contributed by atoms with Crippen LogP contribution < -0.4 is 10.6 Å². The standard InChI is InChI=1S/C19H23N3O3/c1-14(2)21-19(24)22-17-7-3-6-16(13-17)18(23)25-12-4-5-15-8-10-20-11-9-15/h3,6-11,13-14H,4-5,12H2,1-2H3,(H2,21,22,24). The molecule has 0 aliphatic carbocycles. The molecule has 0 spiro atoms. The van der Waals surface area contributed by atoms with Gasteiger partial charge < -0.3 is 15.4 Å². The zero-order chi connectivity index (χ0) is 18.1. The molecular formula is C19H23N3O3. The number of esters is 1. The van der Waals surface area contributed by atoms with Crippen LogP contribution in [0.1, 0.15) is 36.2 Å². The lowest BCUT2D eigenvalue weighted by Gasteiger charge is -2.11. The molecule has 0 saturated heterocycles. The van der Waals surface area contributed by atoms with Crippen LogP contribution in [0.25, 0.3) is 0 Å². The summed E-state index contributed by atoms with van der Waals surface area (Å²) in [7, 11) is 0. The predicted octanol–water partition coefficient (Wildman–Crippen LogP) is 3.40. The summed E-state index contributed by atoms with van der Waals surface area (Å²) in [6, 6.07) is 10.3. The quantitative estimate of drug-likeness (QED) is 0.597. The minimum Gasteiger partial charge on any atom is -0.462 e. The van der Waals surface area contributed by atoms with E-state index in [4.69, 9.17) is 4.74 Å². The van der Waals surface area contributed by atoms with E-state index in [1.807, 2.05) is 26.0 Å². The first-order valence-corrected chi connectivity index (χ1v) is 8.28. The first kappa shape index (κ1) is 18.4. The Balaban J connectivity index is 1.81. The summed E-state index contributed by atoms with van der Waals surface area (Å²) < 4.78 is 5.29. The minimum absolute atomic E-state index is 0.0357. The zero-order valence-corrected chi connectivity index (χ0v) is 14.5. The van der Waals surface area contributed by atoms with Gasteiger partial charge in [0.2, 0.25) is 0 Å². The molecule has 132 valence electrons. The number of urea groups is 1. The Morgan fingerprint density at radius 3 is 2.64 bits per heavy atom. The summed E-state index contributed by atoms with van der Waals surface area (Å²) >= 11 is 0. The Morgan fingerprint density at radius 2 is 1.92 bits per heavy atom. The number of aromatic nitrogens is 1. The highest BCUT2D eigenvalue weighted by Gasteiger charge is 2.09. The molecule has 2 aromatic rings. The number of carbonyl (C=O) groups excluding carboxylic acids is 2. The van der Waals surface area contributed by atoms with Crippen molar-refractivity contribution < 1.29 is 14.3 Å². The van der Waals surface area contributed by atoms with E-state index >= 15 is 0 Å². The molecule has 2 amide bonds. The second-order valence-corrected chi connectivity index (χ2v) is 5.93. The van der Waals surface area contributed by atoms with E-state index < -0.39 is 5.97 Å². The topological polar surface area (TPSA) is 80.3 Å². The number of carbonyl (C=O) groups is 2. The second kappa shape index (κ2) is 9.42. The monoisotopic (exact) mass is 341 g/mol. The Labute approximate surface area is 147 Å². The SMILES string of the molecule is CC(C)NC(=O)Nc1cccc(C(=O)OCCCc2ccncc2)c1. The molecule has 0 saturated carbocycles. The summed E-state index contributed by atoms with van der Waals surface area (Å²) in [6.07, 6.45) is 5.06. The number of amides is 2. The lowest BCUT2D eigenvalue weighted by molar-refractivity contribution is 0.0500. The first-order chi connectivity index (χ1) is 12.0. The van der Waals surface area contributed by atoms with Crippen LogP contribution in [-0.2, 0) is 11.2 Å². The average molecular weight is 341 g/mol. The fourth-order valence-electron chi connectivity index (χ4n) is 2.23. The third-order valence-corrected chi connectivity index (χ3v) is 3.37. The number of nitrogens with one attached hydrogen (secondary N) is 2. The average Bonchev–Trinajstić information content (AvgIpc) is 2.59. The lowest BCUT2D eigenvalue weighted by Crippen LogP contribution is -2.34. The van der Waals surface area contributed by atoms with Gasteiger partial charge in [0.05, 0.1) is 12.2 Å². The molecule has 1 aromatic carbocycles. The zero-order valence-electron chi connectivity index (χ0n) is 14.5. The van der Waals surface area contributed by atoms with Gasteiger partial charge in [-0.15, -0.1) is 0 Å². The maximum Gasteiger partial charge on any atom is 0.338 e. The van der Waals surface area contributed by atoms with Crippen LogP contribution in [0.5, 0.6) is 0 Å². The van der Waals surface area contributed by atoms with Gasteiger partial charge in [-0.3, -0.25) is 4.98 Å². The number of aryl methyl sites for hydroxylation is 1. The van der Waals surface area contributed by atoms with Crippen molar-refractivity contribution >= 4 is 17.7 Å². The van der Waals surface area contributed by atoms with Crippen molar-refractivity contribution in [3.05, 3.63) is 59.9 Å². The number of benzene rings is 1. The summed E-state index contributed by atoms with van der Waals surface area (Å²) in [6.45, 7) is 4.09. The van der Waals surface area contributed by atoms with Gasteiger partial charge in [0.25, 0.3) is 0 Å². The smallest absolute Gasteiger partial charge is 0.338 e. The fourth-order valence-corrected chi connectivity index (χ4v) is 2.23. The Bertz CT molecular complexity index is 702. The molecule has 0 fully saturated rings. The van der Waals surface area contributed by atoms with Gasteiger partial charge >= 0.3 is 12.0 Å². The van der Waals surface area contributed by atoms with E-state index in [0.29, 0.717) is 17.9 Å². The van der Waals surface area contributed by atoms with Gasteiger partial charge in [0, 0.05) is 24.1 Å². The van der Waals surface area contributed by atoms with Crippen molar-refractivity contribution in [3.63, 3.8) is 0 Å². The van der Waals surface area contributed by atoms with E-state index in [9.17, 15) is 9.59 Å². The third-order valence-electron chi connectivity index (χ3n) is 3.37. The summed E-state index contributed by atoms with van der Waals surface area (Å²) in [5.41, 5.74) is 2.11. The number of hydrogen-bond acceptors (Lipinski definition) is 4. The summed E-state index contributed by atoms with van der Waals surface area (Å²) in [5.74, 6) is -0.400. The highest BCUT2D eigenvalue weighted by Crippen LogP contribution is 2.12. The number of anilines is 1. The van der Waals surface area contributed by atoms with Crippen LogP contribution in [0, 0.1) is 0 Å². The van der Waals surface area contributed by atoms with Crippen LogP contribution in [0.3, 0.4) is 0 Å². The number of hydrogen-bond donors (Lipinski definition) is 2. The van der Waals surface area contributed by atoms with E-state index in [0.717, 1.165) is 18.4 Å². The molecule has 0 atom stereocenters. The first-order valence-electron chi connectivity index (χ1n) is 8.28. The highest BCUT2D eigenvalue weighted by atomic mass is 16.5. The molecule has 2 rings (SSSR count). The summed E-state index contributed by atoms with van der Waals surface area (Å²) in [5, 5.41) is 5.42. The van der Waals surface area contributed by atoms with Gasteiger partial charge in [0.1, 0.15) is 0 Å². The number of rotatable bonds is 7. The normalized spacial score (nSPS) is 10.4. The molecule has 0 bridgehead atoms. The second-order valence-electron chi connectivity index (χ2n) is 5.93. The molecule has 0 aliphatic rings. The van der Waals surface area contributed by atoms with E-state index in [-0.39, 0.29) is 12.1 Å². The molecular weight excluding hydrogens is 318 g/mol. The van der Waals surface area contributed by atoms with Crippen LogP contribution >= 0.6 is 0 Å². The van der Waals surface area contributed by atoms with Crippen molar-refractivity contribution in [2.24, 2.45) is 0 Å². The molecule has 25 heavy (non-hydrogen) atoms. The van der Waals surface area contributed by atoms with Crippen LogP contribution in [0.15, 0.2) is 48.8 Å². The number of ether oxygens (including phenoxy) is 1. The molecule has 0 unspecified atom stereocenters. The molecule has 6 heteroatoms. The number of nitrogens with zero attached hydrogens (tertiary/aromatic N) is 1. The Morgan fingerprint density at radius 1 is 1.16 bits per heavy atom. The Hall–Kier alpha value is -2.89. The van der Waals surface area contributed by atoms with E-state index in [1.54, 1.807) is 36.7 Å².